The molecule has 0 aromatic heterocycles. The van der Waals surface area contributed by atoms with Gasteiger partial charge in [-0.05, 0) is 29.8 Å². The number of methoxy groups -OCH3 is 1. The average molecular weight is 333 g/mol. The van der Waals surface area contributed by atoms with Crippen molar-refractivity contribution in [1.29, 1.82) is 0 Å². The molecule has 0 aliphatic carbocycles. The van der Waals surface area contributed by atoms with Crippen LogP contribution in [0.3, 0.4) is 0 Å². The molecule has 0 saturated carbocycles. The van der Waals surface area contributed by atoms with Gasteiger partial charge in [-0.15, -0.1) is 0 Å². The van der Waals surface area contributed by atoms with Crippen molar-refractivity contribution in [3.63, 3.8) is 0 Å². The van der Waals surface area contributed by atoms with Crippen LogP contribution in [0, 0.1) is 0 Å². The van der Waals surface area contributed by atoms with E-state index in [-0.39, 0.29) is 12.3 Å². The van der Waals surface area contributed by atoms with E-state index in [0.717, 1.165) is 5.56 Å². The van der Waals surface area contributed by atoms with E-state index in [1.54, 1.807) is 42.5 Å². The Bertz CT molecular complexity index is 704. The molecule has 2 rings (SSSR count). The van der Waals surface area contributed by atoms with Crippen molar-refractivity contribution in [2.45, 2.75) is 12.5 Å². The predicted octanol–water partition coefficient (Wildman–Crippen LogP) is 2.17. The van der Waals surface area contributed by atoms with E-state index in [1.807, 2.05) is 6.07 Å². The minimum absolute atomic E-state index is 0.248. The van der Waals surface area contributed by atoms with Crippen molar-refractivity contribution in [3.05, 3.63) is 64.7 Å². The van der Waals surface area contributed by atoms with E-state index in [2.05, 4.69) is 5.32 Å². The summed E-state index contributed by atoms with van der Waals surface area (Å²) in [6.45, 7) is 0. The highest BCUT2D eigenvalue weighted by molar-refractivity contribution is 6.32. The Balaban J connectivity index is 2.12. The first-order chi connectivity index (χ1) is 11.0. The molecule has 0 fully saturated rings. The van der Waals surface area contributed by atoms with Gasteiger partial charge in [0, 0.05) is 12.0 Å². The average Bonchev–Trinajstić information content (AvgIpc) is 2.55. The second-order valence-corrected chi connectivity index (χ2v) is 5.37. The first kappa shape index (κ1) is 16.8. The zero-order valence-electron chi connectivity index (χ0n) is 12.6. The lowest BCUT2D eigenvalue weighted by molar-refractivity contribution is -0.119. The fraction of sp³-hybridized carbons (Fsp3) is 0.176. The zero-order chi connectivity index (χ0) is 16.8. The number of nitrogens with two attached hydrogens (primary N) is 1. The maximum absolute atomic E-state index is 12.2. The van der Waals surface area contributed by atoms with Crippen molar-refractivity contribution < 1.29 is 14.3 Å². The molecule has 0 heterocycles. The van der Waals surface area contributed by atoms with Crippen LogP contribution in [0.15, 0.2) is 48.5 Å². The molecule has 6 heteroatoms. The third-order valence-electron chi connectivity index (χ3n) is 3.34. The van der Waals surface area contributed by atoms with Crippen LogP contribution in [0.2, 0.25) is 5.02 Å². The number of carbonyl (C=O) groups excluding carboxylic acids is 2. The largest absolute Gasteiger partial charge is 0.495 e. The van der Waals surface area contributed by atoms with Crippen LogP contribution in [0.5, 0.6) is 5.75 Å². The molecule has 0 spiro atoms. The van der Waals surface area contributed by atoms with Crippen molar-refractivity contribution >= 4 is 23.4 Å². The van der Waals surface area contributed by atoms with Gasteiger partial charge in [0.2, 0.25) is 5.91 Å². The Morgan fingerprint density at radius 1 is 1.22 bits per heavy atom. The first-order valence-corrected chi connectivity index (χ1v) is 7.36. The second kappa shape index (κ2) is 7.65. The number of amides is 2. The molecule has 23 heavy (non-hydrogen) atoms. The molecule has 2 aromatic rings. The Hall–Kier alpha value is -2.53. The molecule has 0 bridgehead atoms. The van der Waals surface area contributed by atoms with Gasteiger partial charge in [0.05, 0.1) is 12.1 Å². The first-order valence-electron chi connectivity index (χ1n) is 6.99. The summed E-state index contributed by atoms with van der Waals surface area (Å²) in [6.07, 6.45) is 0.248. The van der Waals surface area contributed by atoms with Gasteiger partial charge in [0.1, 0.15) is 11.8 Å². The van der Waals surface area contributed by atoms with Gasteiger partial charge in [-0.1, -0.05) is 35.9 Å². The van der Waals surface area contributed by atoms with Crippen molar-refractivity contribution in [3.8, 4) is 5.75 Å². The topological polar surface area (TPSA) is 81.4 Å². The Morgan fingerprint density at radius 2 is 1.91 bits per heavy atom. The molecule has 2 aromatic carbocycles. The summed E-state index contributed by atoms with van der Waals surface area (Å²) in [5.41, 5.74) is 6.63. The van der Waals surface area contributed by atoms with E-state index in [0.29, 0.717) is 16.3 Å². The lowest BCUT2D eigenvalue weighted by atomic mass is 10.0. The maximum Gasteiger partial charge on any atom is 0.251 e. The Labute approximate surface area is 139 Å². The number of ether oxygens (including phenoxy) is 1. The summed E-state index contributed by atoms with van der Waals surface area (Å²) in [5.74, 6) is -0.422. The number of nitrogens with one attached hydrogen (secondary N) is 1. The zero-order valence-corrected chi connectivity index (χ0v) is 13.3. The number of halogens is 1. The minimum atomic E-state index is -0.827. The number of hydrogen-bond acceptors (Lipinski definition) is 3. The van der Waals surface area contributed by atoms with Gasteiger partial charge >= 0.3 is 0 Å². The van der Waals surface area contributed by atoms with Crippen LogP contribution in [0.25, 0.3) is 0 Å². The lowest BCUT2D eigenvalue weighted by Crippen LogP contribution is -2.45. The third kappa shape index (κ3) is 4.47. The lowest BCUT2D eigenvalue weighted by Gasteiger charge is -2.16. The molecule has 0 unspecified atom stereocenters. The van der Waals surface area contributed by atoms with Crippen molar-refractivity contribution in [2.75, 3.05) is 7.11 Å². The molecule has 120 valence electrons. The molecule has 0 radical (unpaired) electrons. The van der Waals surface area contributed by atoms with Gasteiger partial charge in [-0.25, -0.2) is 0 Å². The van der Waals surface area contributed by atoms with E-state index in [9.17, 15) is 9.59 Å². The molecule has 1 atom stereocenters. The normalized spacial score (nSPS) is 11.6. The summed E-state index contributed by atoms with van der Waals surface area (Å²) < 4.78 is 5.08. The van der Waals surface area contributed by atoms with Crippen LogP contribution in [-0.4, -0.2) is 25.0 Å². The number of rotatable bonds is 6. The third-order valence-corrected chi connectivity index (χ3v) is 3.64. The molecule has 0 saturated heterocycles. The molecule has 3 N–H and O–H groups in total. The predicted molar refractivity (Wildman–Crippen MR) is 88.6 cm³/mol. The summed E-state index contributed by atoms with van der Waals surface area (Å²) in [5, 5.41) is 3.07. The van der Waals surface area contributed by atoms with Crippen molar-refractivity contribution in [2.24, 2.45) is 5.73 Å². The fourth-order valence-corrected chi connectivity index (χ4v) is 2.41. The van der Waals surface area contributed by atoms with Crippen LogP contribution < -0.4 is 15.8 Å². The minimum Gasteiger partial charge on any atom is -0.495 e. The fourth-order valence-electron chi connectivity index (χ4n) is 2.13. The second-order valence-electron chi connectivity index (χ2n) is 4.97. The van der Waals surface area contributed by atoms with Crippen LogP contribution >= 0.6 is 11.6 Å². The SMILES string of the molecule is COc1ccc(C[C@@H](NC(=O)c2ccccc2)C(N)=O)cc1Cl. The molecular weight excluding hydrogens is 316 g/mol. The highest BCUT2D eigenvalue weighted by Crippen LogP contribution is 2.25. The standard InChI is InChI=1S/C17H17ClN2O3/c1-23-15-8-7-11(9-13(15)18)10-14(16(19)21)20-17(22)12-5-3-2-4-6-12/h2-9,14H,10H2,1H3,(H2,19,21)(H,20,22)/t14-/m1/s1. The van der Waals surface area contributed by atoms with Crippen LogP contribution in [0.1, 0.15) is 15.9 Å². The number of carbonyl (C=O) groups is 2. The van der Waals surface area contributed by atoms with Gasteiger partial charge < -0.3 is 15.8 Å². The summed E-state index contributed by atoms with van der Waals surface area (Å²) in [4.78, 5) is 23.8. The Morgan fingerprint density at radius 3 is 2.48 bits per heavy atom. The van der Waals surface area contributed by atoms with Crippen LogP contribution in [0.4, 0.5) is 0 Å². The van der Waals surface area contributed by atoms with E-state index < -0.39 is 11.9 Å². The van der Waals surface area contributed by atoms with Gasteiger partial charge in [-0.2, -0.15) is 0 Å². The molecule has 0 aliphatic heterocycles. The molecular formula is C17H17ClN2O3. The quantitative estimate of drug-likeness (QED) is 0.850. The van der Waals surface area contributed by atoms with E-state index >= 15 is 0 Å². The van der Waals surface area contributed by atoms with Gasteiger partial charge in [-0.3, -0.25) is 9.59 Å². The smallest absolute Gasteiger partial charge is 0.251 e. The highest BCUT2D eigenvalue weighted by atomic mass is 35.5. The summed E-state index contributed by atoms with van der Waals surface area (Å²) in [7, 11) is 1.52. The van der Waals surface area contributed by atoms with Crippen molar-refractivity contribution in [1.82, 2.24) is 5.32 Å². The molecule has 2 amide bonds. The summed E-state index contributed by atoms with van der Waals surface area (Å²) >= 11 is 6.07. The number of benzene rings is 2. The number of hydrogen-bond donors (Lipinski definition) is 2. The van der Waals surface area contributed by atoms with Gasteiger partial charge in [0.25, 0.3) is 5.91 Å². The monoisotopic (exact) mass is 332 g/mol. The Kier molecular flexibility index (Phi) is 5.60. The molecule has 0 aliphatic rings. The highest BCUT2D eigenvalue weighted by Gasteiger charge is 2.19. The number of primary amides is 1. The summed E-state index contributed by atoms with van der Waals surface area (Å²) in [6, 6.07) is 13.0. The molecule has 5 nitrogen and oxygen atoms in total. The maximum atomic E-state index is 12.2. The van der Waals surface area contributed by atoms with Crippen LogP contribution in [-0.2, 0) is 11.2 Å². The van der Waals surface area contributed by atoms with E-state index in [4.69, 9.17) is 22.1 Å². The van der Waals surface area contributed by atoms with E-state index in [1.165, 1.54) is 7.11 Å². The van der Waals surface area contributed by atoms with Gasteiger partial charge in [0.15, 0.2) is 0 Å².